The minimum atomic E-state index is -0.0998. The average Bonchev–Trinajstić information content (AvgIpc) is 3.23. The molecule has 0 radical (unpaired) electrons. The molecule has 0 atom stereocenters. The first kappa shape index (κ1) is 15.8. The van der Waals surface area contributed by atoms with Crippen LogP contribution in [0.4, 0.5) is 5.69 Å². The molecule has 3 aromatic rings. The molecule has 0 unspecified atom stereocenters. The molecular weight excluding hydrogens is 338 g/mol. The lowest BCUT2D eigenvalue weighted by Crippen LogP contribution is -2.14. The van der Waals surface area contributed by atoms with E-state index in [9.17, 15) is 4.79 Å². The van der Waals surface area contributed by atoms with Crippen LogP contribution in [-0.2, 0) is 4.79 Å². The number of carbonyl (C=O) groups excluding carboxylic acids is 1. The predicted molar refractivity (Wildman–Crippen MR) is 97.5 cm³/mol. The van der Waals surface area contributed by atoms with Crippen LogP contribution in [0, 0.1) is 13.8 Å². The summed E-state index contributed by atoms with van der Waals surface area (Å²) in [7, 11) is 0. The number of nitrogens with one attached hydrogen (secondary N) is 2. The maximum Gasteiger partial charge on any atom is 0.234 e. The van der Waals surface area contributed by atoms with Crippen LogP contribution >= 0.6 is 11.8 Å². The van der Waals surface area contributed by atoms with Crippen molar-refractivity contribution >= 4 is 34.4 Å². The van der Waals surface area contributed by atoms with Gasteiger partial charge in [0.1, 0.15) is 0 Å². The highest BCUT2D eigenvalue weighted by molar-refractivity contribution is 7.99. The molecule has 6 nitrogen and oxygen atoms in total. The summed E-state index contributed by atoms with van der Waals surface area (Å²) in [6.07, 6.45) is 0. The number of benzene rings is 2. The molecule has 0 fully saturated rings. The third kappa shape index (κ3) is 3.15. The Hall–Kier alpha value is -2.67. The van der Waals surface area contributed by atoms with Crippen molar-refractivity contribution in [1.82, 2.24) is 9.97 Å². The van der Waals surface area contributed by atoms with Crippen LogP contribution in [0.1, 0.15) is 11.1 Å². The van der Waals surface area contributed by atoms with Gasteiger partial charge in [-0.05, 0) is 43.2 Å². The molecule has 2 aromatic carbocycles. The number of hydrogen-bond donors (Lipinski definition) is 2. The average molecular weight is 355 g/mol. The van der Waals surface area contributed by atoms with E-state index in [-0.39, 0.29) is 18.5 Å². The number of hydrogen-bond acceptors (Lipinski definition) is 5. The molecule has 1 aliphatic rings. The molecule has 7 heteroatoms. The standard InChI is InChI=1S/C18H17N3O3S/c1-10-3-5-13-17(11(10)2)21-18(20-13)25-8-16(22)19-12-4-6-14-15(7-12)24-9-23-14/h3-7H,8-9H2,1-2H3,(H,19,22)(H,20,21). The van der Waals surface area contributed by atoms with Gasteiger partial charge in [-0.2, -0.15) is 0 Å². The van der Waals surface area contributed by atoms with Crippen molar-refractivity contribution in [1.29, 1.82) is 0 Å². The number of imidazole rings is 1. The topological polar surface area (TPSA) is 76.2 Å². The predicted octanol–water partition coefficient (Wildman–Crippen LogP) is 3.64. The van der Waals surface area contributed by atoms with Gasteiger partial charge in [0, 0.05) is 11.8 Å². The molecule has 128 valence electrons. The number of thioether (sulfide) groups is 1. The zero-order chi connectivity index (χ0) is 17.4. The number of anilines is 1. The third-order valence-corrected chi connectivity index (χ3v) is 5.03. The van der Waals surface area contributed by atoms with Crippen molar-refractivity contribution in [2.24, 2.45) is 0 Å². The Kier molecular flexibility index (Phi) is 4.01. The Balaban J connectivity index is 1.41. The number of aromatic nitrogens is 2. The van der Waals surface area contributed by atoms with E-state index >= 15 is 0 Å². The molecule has 2 N–H and O–H groups in total. The van der Waals surface area contributed by atoms with Crippen LogP contribution < -0.4 is 14.8 Å². The van der Waals surface area contributed by atoms with E-state index in [0.29, 0.717) is 17.2 Å². The fraction of sp³-hybridized carbons (Fsp3) is 0.222. The first-order valence-electron chi connectivity index (χ1n) is 7.88. The number of ether oxygens (including phenoxy) is 2. The van der Waals surface area contributed by atoms with Gasteiger partial charge >= 0.3 is 0 Å². The minimum absolute atomic E-state index is 0.0998. The third-order valence-electron chi connectivity index (χ3n) is 4.15. The van der Waals surface area contributed by atoms with Gasteiger partial charge in [0.25, 0.3) is 0 Å². The largest absolute Gasteiger partial charge is 0.454 e. The molecule has 0 spiro atoms. The van der Waals surface area contributed by atoms with E-state index in [1.54, 1.807) is 18.2 Å². The van der Waals surface area contributed by atoms with E-state index in [1.165, 1.54) is 17.3 Å². The molecule has 1 aliphatic heterocycles. The smallest absolute Gasteiger partial charge is 0.234 e. The fourth-order valence-electron chi connectivity index (χ4n) is 2.66. The van der Waals surface area contributed by atoms with Crippen molar-refractivity contribution in [2.75, 3.05) is 17.9 Å². The van der Waals surface area contributed by atoms with Crippen LogP contribution in [0.3, 0.4) is 0 Å². The number of amides is 1. The first-order chi connectivity index (χ1) is 12.1. The summed E-state index contributed by atoms with van der Waals surface area (Å²) in [5, 5.41) is 3.60. The second kappa shape index (κ2) is 6.33. The number of fused-ring (bicyclic) bond motifs is 2. The summed E-state index contributed by atoms with van der Waals surface area (Å²) in [5.41, 5.74) is 4.99. The molecule has 0 saturated carbocycles. The first-order valence-corrected chi connectivity index (χ1v) is 8.87. The SMILES string of the molecule is Cc1ccc2[nH]c(SCC(=O)Nc3ccc4c(c3)OCO4)nc2c1C. The van der Waals surface area contributed by atoms with E-state index < -0.39 is 0 Å². The minimum Gasteiger partial charge on any atom is -0.454 e. The lowest BCUT2D eigenvalue weighted by molar-refractivity contribution is -0.113. The summed E-state index contributed by atoms with van der Waals surface area (Å²) in [5.74, 6) is 1.51. The highest BCUT2D eigenvalue weighted by Gasteiger charge is 2.15. The maximum atomic E-state index is 12.2. The zero-order valence-electron chi connectivity index (χ0n) is 13.9. The van der Waals surface area contributed by atoms with Gasteiger partial charge in [-0.15, -0.1) is 0 Å². The summed E-state index contributed by atoms with van der Waals surface area (Å²) in [6, 6.07) is 9.43. The Bertz CT molecular complexity index is 968. The van der Waals surface area contributed by atoms with Crippen molar-refractivity contribution in [3.8, 4) is 11.5 Å². The van der Waals surface area contributed by atoms with Crippen LogP contribution in [0.25, 0.3) is 11.0 Å². The lowest BCUT2D eigenvalue weighted by atomic mass is 10.1. The number of aromatic amines is 1. The fourth-order valence-corrected chi connectivity index (χ4v) is 3.34. The van der Waals surface area contributed by atoms with E-state index in [0.717, 1.165) is 21.8 Å². The van der Waals surface area contributed by atoms with Gasteiger partial charge < -0.3 is 19.8 Å². The monoisotopic (exact) mass is 355 g/mol. The van der Waals surface area contributed by atoms with Gasteiger partial charge in [0.15, 0.2) is 16.7 Å². The van der Waals surface area contributed by atoms with Crippen LogP contribution in [0.2, 0.25) is 0 Å². The molecule has 1 aromatic heterocycles. The summed E-state index contributed by atoms with van der Waals surface area (Å²) < 4.78 is 10.6. The number of nitrogens with zero attached hydrogens (tertiary/aromatic N) is 1. The van der Waals surface area contributed by atoms with Gasteiger partial charge in [0.05, 0.1) is 16.8 Å². The van der Waals surface area contributed by atoms with Gasteiger partial charge in [-0.25, -0.2) is 4.98 Å². The molecule has 2 heterocycles. The van der Waals surface area contributed by atoms with E-state index in [4.69, 9.17) is 9.47 Å². The van der Waals surface area contributed by atoms with Crippen molar-refractivity contribution in [3.63, 3.8) is 0 Å². The summed E-state index contributed by atoms with van der Waals surface area (Å²) in [4.78, 5) is 20.0. The zero-order valence-corrected chi connectivity index (χ0v) is 14.7. The molecule has 0 bridgehead atoms. The Morgan fingerprint density at radius 1 is 1.24 bits per heavy atom. The molecular formula is C18H17N3O3S. The summed E-state index contributed by atoms with van der Waals surface area (Å²) >= 11 is 1.38. The highest BCUT2D eigenvalue weighted by Crippen LogP contribution is 2.34. The maximum absolute atomic E-state index is 12.2. The van der Waals surface area contributed by atoms with Crippen LogP contribution in [0.15, 0.2) is 35.5 Å². The number of carbonyl (C=O) groups is 1. The van der Waals surface area contributed by atoms with Crippen molar-refractivity contribution in [2.45, 2.75) is 19.0 Å². The second-order valence-corrected chi connectivity index (χ2v) is 6.81. The van der Waals surface area contributed by atoms with Gasteiger partial charge in [-0.1, -0.05) is 17.8 Å². The lowest BCUT2D eigenvalue weighted by Gasteiger charge is -2.05. The molecule has 0 aliphatic carbocycles. The van der Waals surface area contributed by atoms with Gasteiger partial charge in [-0.3, -0.25) is 4.79 Å². The molecule has 25 heavy (non-hydrogen) atoms. The van der Waals surface area contributed by atoms with Crippen molar-refractivity contribution in [3.05, 3.63) is 41.5 Å². The quantitative estimate of drug-likeness (QED) is 0.699. The van der Waals surface area contributed by atoms with Crippen LogP contribution in [-0.4, -0.2) is 28.4 Å². The Morgan fingerprint density at radius 3 is 2.96 bits per heavy atom. The molecule has 0 saturated heterocycles. The number of aryl methyl sites for hydroxylation is 2. The summed E-state index contributed by atoms with van der Waals surface area (Å²) in [6.45, 7) is 4.34. The molecule has 4 rings (SSSR count). The van der Waals surface area contributed by atoms with E-state index in [2.05, 4.69) is 35.2 Å². The molecule has 1 amide bonds. The normalized spacial score (nSPS) is 12.6. The van der Waals surface area contributed by atoms with Crippen molar-refractivity contribution < 1.29 is 14.3 Å². The Labute approximate surface area is 148 Å². The van der Waals surface area contributed by atoms with Gasteiger partial charge in [0.2, 0.25) is 12.7 Å². The highest BCUT2D eigenvalue weighted by atomic mass is 32.2. The Morgan fingerprint density at radius 2 is 2.08 bits per heavy atom. The number of H-pyrrole nitrogens is 1. The van der Waals surface area contributed by atoms with E-state index in [1.807, 2.05) is 6.07 Å². The second-order valence-electron chi connectivity index (χ2n) is 5.85. The van der Waals surface area contributed by atoms with Crippen LogP contribution in [0.5, 0.6) is 11.5 Å². The number of rotatable bonds is 4.